The Bertz CT molecular complexity index is 649. The second kappa shape index (κ2) is 9.97. The zero-order chi connectivity index (χ0) is 18.1. The van der Waals surface area contributed by atoms with E-state index in [4.69, 9.17) is 10.7 Å². The van der Waals surface area contributed by atoms with E-state index in [1.54, 1.807) is 14.0 Å². The summed E-state index contributed by atoms with van der Waals surface area (Å²) in [5.41, 5.74) is 10.3. The number of anilines is 1. The van der Waals surface area contributed by atoms with E-state index in [1.165, 1.54) is 12.0 Å². The molecule has 1 aliphatic heterocycles. The lowest BCUT2D eigenvalue weighted by Gasteiger charge is -2.17. The van der Waals surface area contributed by atoms with Crippen LogP contribution in [0.5, 0.6) is 0 Å². The first-order valence-electron chi connectivity index (χ1n) is 9.22. The molecule has 0 atom stereocenters. The summed E-state index contributed by atoms with van der Waals surface area (Å²) in [7, 11) is 1.80. The van der Waals surface area contributed by atoms with E-state index in [0.29, 0.717) is 6.42 Å². The molecule has 0 bridgehead atoms. The van der Waals surface area contributed by atoms with E-state index in [2.05, 4.69) is 22.4 Å². The van der Waals surface area contributed by atoms with Crippen LogP contribution < -0.4 is 11.1 Å². The minimum Gasteiger partial charge on any atom is -0.402 e. The zero-order valence-electron chi connectivity index (χ0n) is 15.5. The fourth-order valence-corrected chi connectivity index (χ4v) is 3.03. The van der Waals surface area contributed by atoms with Gasteiger partial charge < -0.3 is 15.8 Å². The van der Waals surface area contributed by atoms with E-state index in [9.17, 15) is 4.79 Å². The average molecular weight is 342 g/mol. The fraction of sp³-hybridized carbons (Fsp3) is 0.550. The number of nitrogens with two attached hydrogens (primary N) is 1. The Morgan fingerprint density at radius 1 is 1.32 bits per heavy atom. The maximum absolute atomic E-state index is 11.0. The number of carbonyl (C=O) groups excluding carboxylic acids is 1. The maximum Gasteiger partial charge on any atom is 0.129 e. The first kappa shape index (κ1) is 19.2. The largest absolute Gasteiger partial charge is 0.402 e. The maximum atomic E-state index is 11.0. The minimum atomic E-state index is 0.212. The van der Waals surface area contributed by atoms with Gasteiger partial charge in [0.15, 0.2) is 0 Å². The number of hydrogen-bond acceptors (Lipinski definition) is 5. The van der Waals surface area contributed by atoms with E-state index < -0.39 is 0 Å². The van der Waals surface area contributed by atoms with Crippen LogP contribution in [-0.4, -0.2) is 30.1 Å². The van der Waals surface area contributed by atoms with Crippen LogP contribution in [0.25, 0.3) is 0 Å². The second-order valence-corrected chi connectivity index (χ2v) is 6.68. The molecule has 2 rings (SSSR count). The highest BCUT2D eigenvalue weighted by molar-refractivity contribution is 5.95. The Hall–Kier alpha value is -2.17. The predicted octanol–water partition coefficient (Wildman–Crippen LogP) is 3.44. The Kier molecular flexibility index (Phi) is 7.64. The molecule has 1 aromatic rings. The third-order valence-corrected chi connectivity index (χ3v) is 4.45. The number of fused-ring (bicyclic) bond motifs is 1. The fourth-order valence-electron chi connectivity index (χ4n) is 3.03. The van der Waals surface area contributed by atoms with Crippen molar-refractivity contribution in [3.05, 3.63) is 35.2 Å². The highest BCUT2D eigenvalue weighted by Gasteiger charge is 2.10. The highest BCUT2D eigenvalue weighted by Crippen LogP contribution is 2.20. The standard InChI is InChI=1S/C20H30N4O/c1-15(25)6-3-8-17(21)14-19(22-2)10-4-9-18-12-11-16-7-5-13-23-20(16)24-18/h11-12,14H,3-10,13,21H2,1-2H3,(H,23,24). The van der Waals surface area contributed by atoms with Crippen molar-refractivity contribution in [2.45, 2.75) is 58.3 Å². The number of pyridine rings is 1. The van der Waals surface area contributed by atoms with Crippen molar-refractivity contribution in [2.24, 2.45) is 10.7 Å². The molecule has 25 heavy (non-hydrogen) atoms. The van der Waals surface area contributed by atoms with Gasteiger partial charge in [0, 0.05) is 37.1 Å². The minimum absolute atomic E-state index is 0.212. The monoisotopic (exact) mass is 342 g/mol. The summed E-state index contributed by atoms with van der Waals surface area (Å²) in [5, 5.41) is 3.38. The van der Waals surface area contributed by atoms with Crippen LogP contribution in [-0.2, 0) is 17.6 Å². The molecule has 0 amide bonds. The van der Waals surface area contributed by atoms with Gasteiger partial charge in [-0.1, -0.05) is 6.07 Å². The van der Waals surface area contributed by atoms with E-state index in [0.717, 1.165) is 68.0 Å². The molecule has 5 nitrogen and oxygen atoms in total. The number of aliphatic imine (C=N–C) groups is 1. The summed E-state index contributed by atoms with van der Waals surface area (Å²) >= 11 is 0. The first-order valence-corrected chi connectivity index (χ1v) is 9.22. The Balaban J connectivity index is 1.80. The van der Waals surface area contributed by atoms with Gasteiger partial charge in [0.05, 0.1) is 0 Å². The predicted molar refractivity (Wildman–Crippen MR) is 104 cm³/mol. The molecule has 0 aromatic carbocycles. The summed E-state index contributed by atoms with van der Waals surface area (Å²) in [4.78, 5) is 20.0. The average Bonchev–Trinajstić information content (AvgIpc) is 2.60. The quantitative estimate of drug-likeness (QED) is 0.674. The van der Waals surface area contributed by atoms with Crippen molar-refractivity contribution >= 4 is 17.3 Å². The van der Waals surface area contributed by atoms with Gasteiger partial charge in [-0.2, -0.15) is 0 Å². The molecule has 136 valence electrons. The lowest BCUT2D eigenvalue weighted by molar-refractivity contribution is -0.117. The van der Waals surface area contributed by atoms with Crippen molar-refractivity contribution in [1.82, 2.24) is 4.98 Å². The molecule has 0 saturated heterocycles. The zero-order valence-corrected chi connectivity index (χ0v) is 15.5. The van der Waals surface area contributed by atoms with Crippen LogP contribution in [0.4, 0.5) is 5.82 Å². The lowest BCUT2D eigenvalue weighted by Crippen LogP contribution is -2.14. The molecule has 0 saturated carbocycles. The van der Waals surface area contributed by atoms with Crippen molar-refractivity contribution in [2.75, 3.05) is 18.9 Å². The number of nitrogens with one attached hydrogen (secondary N) is 1. The van der Waals surface area contributed by atoms with Crippen molar-refractivity contribution in [3.63, 3.8) is 0 Å². The van der Waals surface area contributed by atoms with Crippen molar-refractivity contribution in [1.29, 1.82) is 0 Å². The topological polar surface area (TPSA) is 80.4 Å². The number of allylic oxidation sites excluding steroid dienone is 2. The van der Waals surface area contributed by atoms with E-state index in [-0.39, 0.29) is 5.78 Å². The van der Waals surface area contributed by atoms with Gasteiger partial charge >= 0.3 is 0 Å². The van der Waals surface area contributed by atoms with Crippen LogP contribution in [0.3, 0.4) is 0 Å². The highest BCUT2D eigenvalue weighted by atomic mass is 16.1. The SMILES string of the molecule is CN=C(C=C(N)CCCC(C)=O)CCCc1ccc2c(n1)NCCC2. The van der Waals surface area contributed by atoms with Gasteiger partial charge in [-0.25, -0.2) is 4.98 Å². The summed E-state index contributed by atoms with van der Waals surface area (Å²) in [6.45, 7) is 2.63. The van der Waals surface area contributed by atoms with Gasteiger partial charge in [-0.05, 0) is 69.6 Å². The molecule has 2 heterocycles. The van der Waals surface area contributed by atoms with Crippen LogP contribution in [0.15, 0.2) is 28.9 Å². The number of aryl methyl sites for hydroxylation is 2. The molecule has 0 unspecified atom stereocenters. The number of hydrogen-bond donors (Lipinski definition) is 2. The summed E-state index contributed by atoms with van der Waals surface area (Å²) in [6.07, 6.45) is 9.23. The lowest BCUT2D eigenvalue weighted by atomic mass is 10.0. The van der Waals surface area contributed by atoms with E-state index in [1.807, 2.05) is 6.08 Å². The number of carbonyl (C=O) groups is 1. The van der Waals surface area contributed by atoms with Gasteiger partial charge in [0.25, 0.3) is 0 Å². The van der Waals surface area contributed by atoms with Gasteiger partial charge in [0.2, 0.25) is 0 Å². The summed E-state index contributed by atoms with van der Waals surface area (Å²) in [6, 6.07) is 4.34. The van der Waals surface area contributed by atoms with Gasteiger partial charge in [-0.3, -0.25) is 4.99 Å². The number of ketones is 1. The molecule has 0 radical (unpaired) electrons. The number of rotatable bonds is 9. The molecule has 0 fully saturated rings. The third-order valence-electron chi connectivity index (χ3n) is 4.45. The first-order chi connectivity index (χ1) is 12.1. The van der Waals surface area contributed by atoms with Crippen LogP contribution >= 0.6 is 0 Å². The third kappa shape index (κ3) is 6.69. The normalized spacial score (nSPS) is 14.8. The van der Waals surface area contributed by atoms with Crippen LogP contribution in [0.2, 0.25) is 0 Å². The van der Waals surface area contributed by atoms with Crippen LogP contribution in [0, 0.1) is 0 Å². The van der Waals surface area contributed by atoms with Gasteiger partial charge in [-0.15, -0.1) is 0 Å². The second-order valence-electron chi connectivity index (χ2n) is 6.68. The number of nitrogens with zero attached hydrogens (tertiary/aromatic N) is 2. The van der Waals surface area contributed by atoms with Crippen molar-refractivity contribution < 1.29 is 4.79 Å². The molecule has 3 N–H and O–H groups in total. The smallest absolute Gasteiger partial charge is 0.129 e. The van der Waals surface area contributed by atoms with E-state index >= 15 is 0 Å². The molecular formula is C20H30N4O. The van der Waals surface area contributed by atoms with Gasteiger partial charge in [0.1, 0.15) is 11.6 Å². The Labute approximate surface area is 150 Å². The van der Waals surface area contributed by atoms with Crippen LogP contribution in [0.1, 0.15) is 56.7 Å². The Morgan fingerprint density at radius 3 is 2.92 bits per heavy atom. The summed E-state index contributed by atoms with van der Waals surface area (Å²) in [5.74, 6) is 1.27. The van der Waals surface area contributed by atoms with Crippen molar-refractivity contribution in [3.8, 4) is 0 Å². The molecule has 5 heteroatoms. The Morgan fingerprint density at radius 2 is 2.16 bits per heavy atom. The molecule has 0 aliphatic carbocycles. The molecular weight excluding hydrogens is 312 g/mol. The number of Topliss-reactive ketones (excluding diaryl/α,β-unsaturated/α-hetero) is 1. The summed E-state index contributed by atoms with van der Waals surface area (Å²) < 4.78 is 0. The molecule has 1 aromatic heterocycles. The molecule has 1 aliphatic rings. The number of aromatic nitrogens is 1. The molecule has 0 spiro atoms.